The molecule has 1 amide bonds. The average molecular weight is 197 g/mol. The summed E-state index contributed by atoms with van der Waals surface area (Å²) in [5.74, 6) is -0.387. The van der Waals surface area contributed by atoms with Gasteiger partial charge in [-0.05, 0) is 0 Å². The molecule has 1 N–H and O–H groups in total. The van der Waals surface area contributed by atoms with Crippen LogP contribution in [0.4, 0.5) is 0 Å². The molecule has 0 rings (SSSR count). The second kappa shape index (κ2) is 5.78. The lowest BCUT2D eigenvalue weighted by Gasteiger charge is -2.00. The Balaban J connectivity index is 3.73. The van der Waals surface area contributed by atoms with E-state index >= 15 is 0 Å². The minimum atomic E-state index is -0.834. The van der Waals surface area contributed by atoms with Gasteiger partial charge in [0.25, 0.3) is 0 Å². The highest BCUT2D eigenvalue weighted by Crippen LogP contribution is 2.14. The molecule has 0 aliphatic carbocycles. The van der Waals surface area contributed by atoms with Gasteiger partial charge in [0, 0.05) is 0 Å². The van der Waals surface area contributed by atoms with E-state index in [9.17, 15) is 13.9 Å². The van der Waals surface area contributed by atoms with E-state index in [0.29, 0.717) is 0 Å². The largest absolute Gasteiger partial charge is 0.332 e. The van der Waals surface area contributed by atoms with Crippen LogP contribution >= 0.6 is 29.5 Å². The SMILES string of the molecule is O=PC(NC(=O)CS)P=O. The first-order valence-corrected chi connectivity index (χ1v) is 4.69. The van der Waals surface area contributed by atoms with Crippen LogP contribution in [0.15, 0.2) is 0 Å². The van der Waals surface area contributed by atoms with Gasteiger partial charge in [0.2, 0.25) is 5.91 Å². The maximum absolute atomic E-state index is 10.5. The lowest BCUT2D eigenvalue weighted by molar-refractivity contribution is -0.118. The van der Waals surface area contributed by atoms with Crippen molar-refractivity contribution in [3.8, 4) is 0 Å². The van der Waals surface area contributed by atoms with Crippen molar-refractivity contribution in [2.45, 2.75) is 5.52 Å². The van der Waals surface area contributed by atoms with Gasteiger partial charge in [0.15, 0.2) is 22.4 Å². The molecule has 10 heavy (non-hydrogen) atoms. The number of carbonyl (C=O) groups is 1. The molecule has 7 heteroatoms. The van der Waals surface area contributed by atoms with Gasteiger partial charge < -0.3 is 5.32 Å². The van der Waals surface area contributed by atoms with Crippen LogP contribution in [0.5, 0.6) is 0 Å². The number of nitrogens with one attached hydrogen (secondary N) is 1. The molecule has 0 heterocycles. The van der Waals surface area contributed by atoms with Gasteiger partial charge in [-0.1, -0.05) is 0 Å². The van der Waals surface area contributed by atoms with Crippen LogP contribution in [0.1, 0.15) is 0 Å². The van der Waals surface area contributed by atoms with Crippen molar-refractivity contribution in [2.75, 3.05) is 5.75 Å². The maximum Gasteiger partial charge on any atom is 0.231 e. The van der Waals surface area contributed by atoms with Gasteiger partial charge in [-0.15, -0.1) is 0 Å². The van der Waals surface area contributed by atoms with Crippen LogP contribution in [0.25, 0.3) is 0 Å². The van der Waals surface area contributed by atoms with E-state index in [2.05, 4.69) is 17.9 Å². The van der Waals surface area contributed by atoms with Crippen molar-refractivity contribution in [3.63, 3.8) is 0 Å². The lowest BCUT2D eigenvalue weighted by Crippen LogP contribution is -2.28. The highest BCUT2D eigenvalue weighted by atomic mass is 32.1. The van der Waals surface area contributed by atoms with E-state index in [1.165, 1.54) is 0 Å². The zero-order valence-corrected chi connectivity index (χ0v) is 7.53. The highest BCUT2D eigenvalue weighted by molar-refractivity contribution is 7.81. The van der Waals surface area contributed by atoms with Gasteiger partial charge >= 0.3 is 0 Å². The molecule has 0 aromatic rings. The molecule has 0 atom stereocenters. The molecule has 0 unspecified atom stereocenters. The van der Waals surface area contributed by atoms with E-state index in [4.69, 9.17) is 0 Å². The number of thiol groups is 1. The molecular formula is C3H5NO3P2S. The Hall–Kier alpha value is 0.0200. The van der Waals surface area contributed by atoms with Gasteiger partial charge in [-0.25, -0.2) is 0 Å². The molecule has 0 aliphatic rings. The summed E-state index contributed by atoms with van der Waals surface area (Å²) in [5, 5.41) is 2.20. The van der Waals surface area contributed by atoms with Crippen LogP contribution in [-0.2, 0) is 13.9 Å². The van der Waals surface area contributed by atoms with E-state index in [0.717, 1.165) is 0 Å². The van der Waals surface area contributed by atoms with E-state index in [1.54, 1.807) is 0 Å². The van der Waals surface area contributed by atoms with Crippen molar-refractivity contribution in [1.29, 1.82) is 0 Å². The summed E-state index contributed by atoms with van der Waals surface area (Å²) in [4.78, 5) is 10.5. The maximum atomic E-state index is 10.5. The van der Waals surface area contributed by atoms with E-state index in [1.807, 2.05) is 0 Å². The second-order valence-electron chi connectivity index (χ2n) is 1.31. The summed E-state index contributed by atoms with van der Waals surface area (Å²) < 4.78 is 20.1. The Labute approximate surface area is 66.6 Å². The number of rotatable bonds is 4. The Bertz CT molecular complexity index is 145. The standard InChI is InChI=1S/C3H5NO3P2S/c5-2(1-10)4-3(8-6)9-7/h3,10H,1H2,(H,4,5). The Kier molecular flexibility index (Phi) is 5.79. The third-order valence-corrected chi connectivity index (χ3v) is 2.14. The first-order valence-electron chi connectivity index (χ1n) is 2.29. The molecule has 0 fully saturated rings. The Morgan fingerprint density at radius 2 is 2.00 bits per heavy atom. The van der Waals surface area contributed by atoms with Crippen LogP contribution in [-0.4, -0.2) is 17.2 Å². The molecule has 0 spiro atoms. The summed E-state index contributed by atoms with van der Waals surface area (Å²) in [5.41, 5.74) is -0.834. The van der Waals surface area contributed by atoms with Crippen LogP contribution in [0.3, 0.4) is 0 Å². The highest BCUT2D eigenvalue weighted by Gasteiger charge is 2.09. The Morgan fingerprint density at radius 3 is 2.30 bits per heavy atom. The summed E-state index contributed by atoms with van der Waals surface area (Å²) >= 11 is 3.65. The van der Waals surface area contributed by atoms with Crippen LogP contribution < -0.4 is 5.32 Å². The molecule has 0 radical (unpaired) electrons. The topological polar surface area (TPSA) is 63.2 Å². The van der Waals surface area contributed by atoms with Crippen molar-refractivity contribution in [1.82, 2.24) is 5.32 Å². The van der Waals surface area contributed by atoms with Crippen molar-refractivity contribution >= 4 is 35.5 Å². The molecule has 4 nitrogen and oxygen atoms in total. The smallest absolute Gasteiger partial charge is 0.231 e. The zero-order valence-electron chi connectivity index (χ0n) is 4.85. The van der Waals surface area contributed by atoms with Gasteiger partial charge in [-0.3, -0.25) is 13.9 Å². The first kappa shape index (κ1) is 10.0. The minimum absolute atomic E-state index is 0.00153. The number of amides is 1. The summed E-state index contributed by atoms with van der Waals surface area (Å²) in [6.45, 7) is 0. The normalized spacial score (nSPS) is 13.3. The molecule has 0 aromatic heterocycles. The zero-order chi connectivity index (χ0) is 7.98. The second-order valence-corrected chi connectivity index (χ2v) is 3.49. The summed E-state index contributed by atoms with van der Waals surface area (Å²) in [6, 6.07) is 0. The third-order valence-electron chi connectivity index (χ3n) is 0.633. The van der Waals surface area contributed by atoms with Crippen molar-refractivity contribution in [3.05, 3.63) is 0 Å². The van der Waals surface area contributed by atoms with Crippen molar-refractivity contribution < 1.29 is 13.9 Å². The fraction of sp³-hybridized carbons (Fsp3) is 0.667. The van der Waals surface area contributed by atoms with E-state index < -0.39 is 5.52 Å². The number of hydrogen-bond donors (Lipinski definition) is 2. The average Bonchev–Trinajstić information content (AvgIpc) is 1.99. The summed E-state index contributed by atoms with van der Waals surface area (Å²) in [7, 11) is -0.723. The molecule has 0 aliphatic heterocycles. The molecule has 56 valence electrons. The molecular weight excluding hydrogens is 192 g/mol. The molecule has 0 bridgehead atoms. The van der Waals surface area contributed by atoms with Gasteiger partial charge in [-0.2, -0.15) is 12.6 Å². The molecule has 0 saturated heterocycles. The van der Waals surface area contributed by atoms with Gasteiger partial charge in [0.05, 0.1) is 5.75 Å². The van der Waals surface area contributed by atoms with Gasteiger partial charge in [0.1, 0.15) is 0 Å². The number of carbonyl (C=O) groups excluding carboxylic acids is 1. The third kappa shape index (κ3) is 3.94. The monoisotopic (exact) mass is 197 g/mol. The molecule has 0 saturated carbocycles. The quantitative estimate of drug-likeness (QED) is 0.519. The lowest BCUT2D eigenvalue weighted by atomic mass is 10.7. The Morgan fingerprint density at radius 1 is 1.50 bits per heavy atom. The fourth-order valence-electron chi connectivity index (χ4n) is 0.262. The molecule has 0 aromatic carbocycles. The first-order chi connectivity index (χ1) is 4.74. The van der Waals surface area contributed by atoms with Crippen LogP contribution in [0, 0.1) is 0 Å². The van der Waals surface area contributed by atoms with Crippen molar-refractivity contribution in [2.24, 2.45) is 0 Å². The number of hydrogen-bond acceptors (Lipinski definition) is 4. The minimum Gasteiger partial charge on any atom is -0.332 e. The predicted molar refractivity (Wildman–Crippen MR) is 41.0 cm³/mol. The van der Waals surface area contributed by atoms with Crippen LogP contribution in [0.2, 0.25) is 0 Å². The predicted octanol–water partition coefficient (Wildman–Crippen LogP) is 0.899. The fourth-order valence-corrected chi connectivity index (χ4v) is 0.900. The summed E-state index contributed by atoms with van der Waals surface area (Å²) in [6.07, 6.45) is 0. The van der Waals surface area contributed by atoms with E-state index in [-0.39, 0.29) is 28.6 Å².